The van der Waals surface area contributed by atoms with E-state index >= 15 is 0 Å². The molecule has 2 saturated heterocycles. The molecule has 2 fully saturated rings. The zero-order valence-electron chi connectivity index (χ0n) is 21.2. The van der Waals surface area contributed by atoms with Crippen molar-refractivity contribution >= 4 is 28.6 Å². The number of morpholine rings is 1. The number of imidazole rings is 1. The average Bonchev–Trinajstić information content (AvgIpc) is 3.30. The second kappa shape index (κ2) is 10.5. The van der Waals surface area contributed by atoms with Crippen LogP contribution in [0.1, 0.15) is 26.1 Å². The van der Waals surface area contributed by atoms with E-state index < -0.39 is 12.2 Å². The quantitative estimate of drug-likeness (QED) is 0.495. The minimum absolute atomic E-state index is 0.0170. The predicted molar refractivity (Wildman–Crippen MR) is 135 cm³/mol. The van der Waals surface area contributed by atoms with E-state index in [0.29, 0.717) is 62.0 Å². The van der Waals surface area contributed by atoms with E-state index in [1.54, 1.807) is 29.2 Å². The van der Waals surface area contributed by atoms with Crippen molar-refractivity contribution in [3.05, 3.63) is 36.2 Å². The number of rotatable bonds is 6. The molecule has 5 rings (SSSR count). The molecule has 10 nitrogen and oxygen atoms in total. The number of hydrogen-bond acceptors (Lipinski definition) is 8. The molecule has 12 heteroatoms. The topological polar surface area (TPSA) is 88.9 Å². The predicted octanol–water partition coefficient (Wildman–Crippen LogP) is 2.66. The molecular formula is C25H31F2N7O3. The highest BCUT2D eigenvalue weighted by atomic mass is 19.3. The summed E-state index contributed by atoms with van der Waals surface area (Å²) < 4.78 is 40.4. The van der Waals surface area contributed by atoms with Crippen LogP contribution in [-0.2, 0) is 14.3 Å². The summed E-state index contributed by atoms with van der Waals surface area (Å²) in [4.78, 5) is 31.9. The van der Waals surface area contributed by atoms with Crippen LogP contribution in [0.3, 0.4) is 0 Å². The largest absolute Gasteiger partial charge is 0.375 e. The Bertz CT molecular complexity index is 1260. The summed E-state index contributed by atoms with van der Waals surface area (Å²) in [6.45, 7) is 7.38. The standard InChI is InChI=1S/C25H31F2N7O3/c1-16-17(2)37-13-12-33(16)21-14-20(31-8-10-32(11-9-31)22(35)15-36-3)29-25(30-21)34-19-7-5-4-6-18(19)28-24(34)23(26)27/h4-7,14,16-17,23H,8-13,15H2,1-3H3/t16-,17+/m1/s1. The summed E-state index contributed by atoms with van der Waals surface area (Å²) in [5.74, 6) is 0.930. The van der Waals surface area contributed by atoms with Gasteiger partial charge in [-0.05, 0) is 26.0 Å². The number of benzene rings is 1. The Hall–Kier alpha value is -3.38. The number of piperazine rings is 1. The fraction of sp³-hybridized carbons (Fsp3) is 0.520. The molecule has 1 amide bonds. The lowest BCUT2D eigenvalue weighted by atomic mass is 10.1. The van der Waals surface area contributed by atoms with Crippen molar-refractivity contribution < 1.29 is 23.0 Å². The maximum atomic E-state index is 14.1. The molecule has 3 aromatic rings. The number of aromatic nitrogens is 4. The van der Waals surface area contributed by atoms with Gasteiger partial charge in [-0.15, -0.1) is 0 Å². The SMILES string of the molecule is COCC(=O)N1CCN(c2cc(N3CCO[C@@H](C)[C@H]3C)nc(-n3c(C(F)F)nc4ccccc43)n2)CC1. The van der Waals surface area contributed by atoms with Crippen LogP contribution in [0, 0.1) is 0 Å². The molecule has 0 N–H and O–H groups in total. The molecule has 0 unspecified atom stereocenters. The highest BCUT2D eigenvalue weighted by Crippen LogP contribution is 2.31. The van der Waals surface area contributed by atoms with E-state index in [4.69, 9.17) is 19.4 Å². The van der Waals surface area contributed by atoms with Crippen molar-refractivity contribution in [3.8, 4) is 5.95 Å². The Morgan fingerprint density at radius 1 is 1.08 bits per heavy atom. The second-order valence-corrected chi connectivity index (χ2v) is 9.29. The number of para-hydroxylation sites is 2. The molecule has 2 aliphatic heterocycles. The molecule has 0 saturated carbocycles. The van der Waals surface area contributed by atoms with Crippen molar-refractivity contribution in [2.75, 3.05) is 62.8 Å². The molecule has 2 aliphatic rings. The number of amides is 1. The van der Waals surface area contributed by atoms with Crippen molar-refractivity contribution in [2.24, 2.45) is 0 Å². The summed E-state index contributed by atoms with van der Waals surface area (Å²) in [6.07, 6.45) is -2.82. The fourth-order valence-corrected chi connectivity index (χ4v) is 4.88. The van der Waals surface area contributed by atoms with Gasteiger partial charge in [0, 0.05) is 45.9 Å². The van der Waals surface area contributed by atoms with Gasteiger partial charge in [-0.1, -0.05) is 12.1 Å². The molecule has 2 atom stereocenters. The Morgan fingerprint density at radius 2 is 1.81 bits per heavy atom. The summed E-state index contributed by atoms with van der Waals surface area (Å²) in [5, 5.41) is 0. The molecule has 0 spiro atoms. The van der Waals surface area contributed by atoms with Crippen molar-refractivity contribution in [3.63, 3.8) is 0 Å². The molecule has 198 valence electrons. The highest BCUT2D eigenvalue weighted by molar-refractivity contribution is 5.78. The first-order valence-electron chi connectivity index (χ1n) is 12.4. The Kier molecular flexibility index (Phi) is 7.20. The highest BCUT2D eigenvalue weighted by Gasteiger charge is 2.30. The Labute approximate surface area is 213 Å². The van der Waals surface area contributed by atoms with E-state index in [2.05, 4.69) is 21.7 Å². The number of fused-ring (bicyclic) bond motifs is 1. The number of alkyl halides is 2. The number of halogens is 2. The van der Waals surface area contributed by atoms with Crippen molar-refractivity contribution in [1.82, 2.24) is 24.4 Å². The van der Waals surface area contributed by atoms with Crippen LogP contribution in [0.25, 0.3) is 17.0 Å². The van der Waals surface area contributed by atoms with Gasteiger partial charge in [0.2, 0.25) is 11.9 Å². The van der Waals surface area contributed by atoms with Gasteiger partial charge in [-0.25, -0.2) is 13.8 Å². The maximum Gasteiger partial charge on any atom is 0.296 e. The first kappa shape index (κ1) is 25.3. The lowest BCUT2D eigenvalue weighted by molar-refractivity contribution is -0.135. The van der Waals surface area contributed by atoms with Crippen LogP contribution in [0.2, 0.25) is 0 Å². The summed E-state index contributed by atoms with van der Waals surface area (Å²) >= 11 is 0. The monoisotopic (exact) mass is 515 g/mol. The fourth-order valence-electron chi connectivity index (χ4n) is 4.88. The van der Waals surface area contributed by atoms with Crippen LogP contribution >= 0.6 is 0 Å². The van der Waals surface area contributed by atoms with Crippen LogP contribution < -0.4 is 9.80 Å². The van der Waals surface area contributed by atoms with Crippen LogP contribution in [0.15, 0.2) is 30.3 Å². The molecule has 0 radical (unpaired) electrons. The van der Waals surface area contributed by atoms with E-state index in [-0.39, 0.29) is 30.6 Å². The number of anilines is 2. The van der Waals surface area contributed by atoms with Gasteiger partial charge in [0.15, 0.2) is 5.82 Å². The summed E-state index contributed by atoms with van der Waals surface area (Å²) in [6, 6.07) is 8.91. The normalized spacial score (nSPS) is 20.8. The van der Waals surface area contributed by atoms with Crippen LogP contribution in [-0.4, -0.2) is 95.5 Å². The zero-order valence-corrected chi connectivity index (χ0v) is 21.2. The second-order valence-electron chi connectivity index (χ2n) is 9.29. The van der Waals surface area contributed by atoms with E-state index in [1.165, 1.54) is 11.7 Å². The number of carbonyl (C=O) groups is 1. The smallest absolute Gasteiger partial charge is 0.296 e. The Morgan fingerprint density at radius 3 is 2.54 bits per heavy atom. The van der Waals surface area contributed by atoms with Gasteiger partial charge in [-0.3, -0.25) is 9.36 Å². The zero-order chi connectivity index (χ0) is 26.1. The molecule has 0 aliphatic carbocycles. The lowest BCUT2D eigenvalue weighted by Crippen LogP contribution is -2.50. The van der Waals surface area contributed by atoms with E-state index in [0.717, 1.165) is 0 Å². The number of ether oxygens (including phenoxy) is 2. The first-order chi connectivity index (χ1) is 17.9. The number of hydrogen-bond donors (Lipinski definition) is 0. The lowest BCUT2D eigenvalue weighted by Gasteiger charge is -2.39. The first-order valence-corrected chi connectivity index (χ1v) is 12.4. The molecule has 37 heavy (non-hydrogen) atoms. The summed E-state index contributed by atoms with van der Waals surface area (Å²) in [7, 11) is 1.50. The maximum absolute atomic E-state index is 14.1. The third kappa shape index (κ3) is 4.95. The number of methoxy groups -OCH3 is 1. The van der Waals surface area contributed by atoms with Gasteiger partial charge >= 0.3 is 0 Å². The van der Waals surface area contributed by atoms with Crippen molar-refractivity contribution in [1.29, 1.82) is 0 Å². The third-order valence-corrected chi connectivity index (χ3v) is 7.07. The van der Waals surface area contributed by atoms with Gasteiger partial charge in [0.05, 0.1) is 29.8 Å². The van der Waals surface area contributed by atoms with Gasteiger partial charge < -0.3 is 24.2 Å². The molecule has 1 aromatic carbocycles. The average molecular weight is 516 g/mol. The summed E-state index contributed by atoms with van der Waals surface area (Å²) in [5.41, 5.74) is 0.964. The molecule has 2 aromatic heterocycles. The van der Waals surface area contributed by atoms with Gasteiger partial charge in [0.25, 0.3) is 6.43 Å². The van der Waals surface area contributed by atoms with Crippen molar-refractivity contribution in [2.45, 2.75) is 32.4 Å². The van der Waals surface area contributed by atoms with Gasteiger partial charge in [0.1, 0.15) is 18.2 Å². The van der Waals surface area contributed by atoms with Crippen LogP contribution in [0.5, 0.6) is 0 Å². The van der Waals surface area contributed by atoms with Gasteiger partial charge in [-0.2, -0.15) is 9.97 Å². The minimum Gasteiger partial charge on any atom is -0.375 e. The molecular weight excluding hydrogens is 484 g/mol. The Balaban J connectivity index is 1.57. The minimum atomic E-state index is -2.80. The molecule has 0 bridgehead atoms. The molecule has 4 heterocycles. The van der Waals surface area contributed by atoms with E-state index in [9.17, 15) is 13.6 Å². The number of nitrogens with zero attached hydrogens (tertiary/aromatic N) is 7. The number of carbonyl (C=O) groups excluding carboxylic acids is 1. The van der Waals surface area contributed by atoms with E-state index in [1.807, 2.05) is 13.0 Å². The van der Waals surface area contributed by atoms with Crippen LogP contribution in [0.4, 0.5) is 20.4 Å². The third-order valence-electron chi connectivity index (χ3n) is 7.07.